The van der Waals surface area contributed by atoms with Crippen LogP contribution in [0.25, 0.3) is 17.0 Å². The lowest BCUT2D eigenvalue weighted by molar-refractivity contribution is -0.192. The second-order valence-electron chi connectivity index (χ2n) is 10.0. The number of H-pyrrole nitrogens is 1. The quantitative estimate of drug-likeness (QED) is 0.318. The highest BCUT2D eigenvalue weighted by molar-refractivity contribution is 6.42. The normalized spacial score (nSPS) is 16.6. The van der Waals surface area contributed by atoms with E-state index in [0.717, 1.165) is 57.5 Å². The number of carboxylic acids is 1. The van der Waals surface area contributed by atoms with Crippen molar-refractivity contribution in [1.29, 1.82) is 0 Å². The van der Waals surface area contributed by atoms with Crippen molar-refractivity contribution < 1.29 is 27.9 Å². The summed E-state index contributed by atoms with van der Waals surface area (Å²) in [4.78, 5) is 29.7. The third kappa shape index (κ3) is 7.80. The molecule has 0 saturated carbocycles. The molecule has 6 nitrogen and oxygen atoms in total. The number of fused-ring (bicyclic) bond motifs is 3. The second kappa shape index (κ2) is 13.1. The molecule has 0 bridgehead atoms. The molecule has 1 fully saturated rings. The number of rotatable bonds is 5. The molecule has 1 amide bonds. The van der Waals surface area contributed by atoms with Crippen LogP contribution in [0.2, 0.25) is 10.0 Å². The lowest BCUT2D eigenvalue weighted by atomic mass is 9.92. The minimum Gasteiger partial charge on any atom is -0.475 e. The number of likely N-dealkylation sites (tertiary alicyclic amines) is 1. The first kappa shape index (κ1) is 30.0. The number of para-hydroxylation sites is 1. The Balaban J connectivity index is 0.000000470. The molecule has 3 aromatic rings. The molecule has 1 aromatic heterocycles. The number of carbonyl (C=O) groups is 2. The van der Waals surface area contributed by atoms with Gasteiger partial charge >= 0.3 is 12.1 Å². The number of halogens is 5. The number of aliphatic carboxylic acids is 1. The maximum absolute atomic E-state index is 12.6. The summed E-state index contributed by atoms with van der Waals surface area (Å²) < 4.78 is 31.7. The second-order valence-corrected chi connectivity index (χ2v) is 10.8. The molecule has 0 radical (unpaired) electrons. The summed E-state index contributed by atoms with van der Waals surface area (Å²) in [5.41, 5.74) is 5.03. The molecular weight excluding hydrogens is 566 g/mol. The van der Waals surface area contributed by atoms with Crippen LogP contribution < -0.4 is 0 Å². The fraction of sp³-hybridized carbons (Fsp3) is 0.379. The number of nitrogens with one attached hydrogen (secondary N) is 1. The predicted octanol–water partition coefficient (Wildman–Crippen LogP) is 6.81. The Morgan fingerprint density at radius 3 is 2.42 bits per heavy atom. The zero-order valence-electron chi connectivity index (χ0n) is 21.7. The van der Waals surface area contributed by atoms with Gasteiger partial charge in [-0.05, 0) is 67.1 Å². The van der Waals surface area contributed by atoms with E-state index in [1.807, 2.05) is 17.0 Å². The summed E-state index contributed by atoms with van der Waals surface area (Å²) in [6.07, 6.45) is 2.84. The molecule has 0 unspecified atom stereocenters. The number of benzene rings is 2. The molecule has 0 atom stereocenters. The number of aromatic nitrogens is 1. The molecule has 11 heteroatoms. The van der Waals surface area contributed by atoms with Gasteiger partial charge in [0.2, 0.25) is 5.91 Å². The van der Waals surface area contributed by atoms with E-state index in [-0.39, 0.29) is 5.91 Å². The van der Waals surface area contributed by atoms with Crippen LogP contribution in [0.1, 0.15) is 36.1 Å². The minimum atomic E-state index is -5.08. The monoisotopic (exact) mass is 595 g/mol. The predicted molar refractivity (Wildman–Crippen MR) is 150 cm³/mol. The van der Waals surface area contributed by atoms with Gasteiger partial charge in [-0.2, -0.15) is 13.2 Å². The van der Waals surface area contributed by atoms with Crippen molar-refractivity contribution in [2.75, 3.05) is 26.2 Å². The molecule has 0 spiro atoms. The molecule has 2 aliphatic heterocycles. The molecule has 40 heavy (non-hydrogen) atoms. The zero-order valence-corrected chi connectivity index (χ0v) is 23.2. The van der Waals surface area contributed by atoms with Crippen molar-refractivity contribution >= 4 is 52.1 Å². The highest BCUT2D eigenvalue weighted by atomic mass is 35.5. The van der Waals surface area contributed by atoms with Crippen LogP contribution in [0.4, 0.5) is 13.2 Å². The fourth-order valence-electron chi connectivity index (χ4n) is 5.11. The van der Waals surface area contributed by atoms with Gasteiger partial charge in [-0.3, -0.25) is 9.69 Å². The summed E-state index contributed by atoms with van der Waals surface area (Å²) in [5, 5.41) is 9.52. The van der Waals surface area contributed by atoms with E-state index in [4.69, 9.17) is 33.1 Å². The Hall–Kier alpha value is -3.01. The summed E-state index contributed by atoms with van der Waals surface area (Å²) in [6.45, 7) is 4.96. The number of piperidine rings is 1. The number of hydrogen-bond donors (Lipinski definition) is 2. The maximum atomic E-state index is 12.6. The number of carboxylic acid groups (broad SMARTS) is 1. The maximum Gasteiger partial charge on any atom is 0.490 e. The van der Waals surface area contributed by atoms with Crippen molar-refractivity contribution in [1.82, 2.24) is 14.8 Å². The Morgan fingerprint density at radius 1 is 1.05 bits per heavy atom. The van der Waals surface area contributed by atoms with Crippen LogP contribution in [0.15, 0.2) is 48.5 Å². The van der Waals surface area contributed by atoms with Crippen molar-refractivity contribution in [3.63, 3.8) is 0 Å². The summed E-state index contributed by atoms with van der Waals surface area (Å²) in [7, 11) is 0. The first-order chi connectivity index (χ1) is 19.0. The van der Waals surface area contributed by atoms with Gasteiger partial charge in [0.05, 0.1) is 10.0 Å². The number of alkyl halides is 3. The molecule has 2 aliphatic rings. The van der Waals surface area contributed by atoms with Crippen molar-refractivity contribution in [3.05, 3.63) is 75.4 Å². The van der Waals surface area contributed by atoms with Crippen molar-refractivity contribution in [3.8, 4) is 0 Å². The smallest absolute Gasteiger partial charge is 0.475 e. The topological polar surface area (TPSA) is 76.6 Å². The fourth-order valence-corrected chi connectivity index (χ4v) is 5.42. The molecule has 3 heterocycles. The van der Waals surface area contributed by atoms with Gasteiger partial charge in [-0.15, -0.1) is 0 Å². The Kier molecular flexibility index (Phi) is 9.81. The van der Waals surface area contributed by atoms with Crippen molar-refractivity contribution in [2.24, 2.45) is 5.92 Å². The zero-order chi connectivity index (χ0) is 28.9. The third-order valence-electron chi connectivity index (χ3n) is 7.35. The molecule has 2 aromatic carbocycles. The Labute approximate surface area is 240 Å². The number of amides is 1. The van der Waals surface area contributed by atoms with Gasteiger partial charge in [-0.1, -0.05) is 47.5 Å². The van der Waals surface area contributed by atoms with E-state index in [1.165, 1.54) is 28.6 Å². The molecule has 214 valence electrons. The molecule has 2 N–H and O–H groups in total. The number of nitrogens with zero attached hydrogens (tertiary/aromatic N) is 2. The van der Waals surface area contributed by atoms with E-state index in [9.17, 15) is 18.0 Å². The highest BCUT2D eigenvalue weighted by Crippen LogP contribution is 2.29. The van der Waals surface area contributed by atoms with Crippen molar-refractivity contribution in [2.45, 2.75) is 38.4 Å². The van der Waals surface area contributed by atoms with Gasteiger partial charge in [0.15, 0.2) is 0 Å². The van der Waals surface area contributed by atoms with Gasteiger partial charge < -0.3 is 15.0 Å². The average Bonchev–Trinajstić information content (AvgIpc) is 3.30. The van der Waals surface area contributed by atoms with Crippen LogP contribution in [0, 0.1) is 5.92 Å². The van der Waals surface area contributed by atoms with Crippen LogP contribution >= 0.6 is 23.2 Å². The highest BCUT2D eigenvalue weighted by Gasteiger charge is 2.38. The molecular formula is C29H30Cl2F3N3O3. The van der Waals surface area contributed by atoms with E-state index in [2.05, 4.69) is 34.1 Å². The third-order valence-corrected chi connectivity index (χ3v) is 8.09. The Bertz CT molecular complexity index is 1380. The van der Waals surface area contributed by atoms with Crippen LogP contribution in [-0.4, -0.2) is 64.1 Å². The minimum absolute atomic E-state index is 0.0717. The van der Waals surface area contributed by atoms with Crippen LogP contribution in [-0.2, 0) is 22.6 Å². The van der Waals surface area contributed by atoms with Crippen LogP contribution in [0.5, 0.6) is 0 Å². The van der Waals surface area contributed by atoms with Gasteiger partial charge in [-0.25, -0.2) is 4.79 Å². The van der Waals surface area contributed by atoms with Gasteiger partial charge in [0.1, 0.15) is 0 Å². The Morgan fingerprint density at radius 2 is 1.75 bits per heavy atom. The number of carbonyl (C=O) groups excluding carboxylic acids is 1. The number of hydrogen-bond acceptors (Lipinski definition) is 3. The molecule has 0 aliphatic carbocycles. The van der Waals surface area contributed by atoms with Gasteiger partial charge in [0.25, 0.3) is 0 Å². The van der Waals surface area contributed by atoms with Gasteiger partial charge in [0, 0.05) is 55.3 Å². The standard InChI is InChI=1S/C27H29Cl2N3O.C2HF3O2/c28-23-7-5-20(17-24(23)29)6-8-27(33)32-15-10-19(11-16-32)9-13-31-14-12-26-22(18-31)21-3-1-2-4-25(21)30-26;3-2(4,5)1(6)7/h1-8,17,19,30H,9-16,18H2;(H,6,7)/b8-6+;. The van der Waals surface area contributed by atoms with Crippen LogP contribution in [0.3, 0.4) is 0 Å². The first-order valence-corrected chi connectivity index (χ1v) is 13.8. The molecule has 5 rings (SSSR count). The lowest BCUT2D eigenvalue weighted by Crippen LogP contribution is -2.39. The SMILES string of the molecule is O=C(/C=C/c1ccc(Cl)c(Cl)c1)N1CCC(CCN2CCc3[nH]c4ccccc4c3C2)CC1.O=C(O)C(F)(F)F. The summed E-state index contributed by atoms with van der Waals surface area (Å²) in [6, 6.07) is 14.0. The summed E-state index contributed by atoms with van der Waals surface area (Å²) >= 11 is 12.0. The number of aromatic amines is 1. The average molecular weight is 596 g/mol. The lowest BCUT2D eigenvalue weighted by Gasteiger charge is -2.33. The largest absolute Gasteiger partial charge is 0.490 e. The first-order valence-electron chi connectivity index (χ1n) is 13.0. The van der Waals surface area contributed by atoms with E-state index in [1.54, 1.807) is 18.2 Å². The van der Waals surface area contributed by atoms with E-state index < -0.39 is 12.1 Å². The molecule has 1 saturated heterocycles. The van der Waals surface area contributed by atoms with E-state index >= 15 is 0 Å². The summed E-state index contributed by atoms with van der Waals surface area (Å²) in [5.74, 6) is -1.99. The van der Waals surface area contributed by atoms with E-state index in [0.29, 0.717) is 16.0 Å².